The number of benzene rings is 1. The molecule has 0 spiro atoms. The average Bonchev–Trinajstić information content (AvgIpc) is 3.00. The van der Waals surface area contributed by atoms with Gasteiger partial charge in [-0.15, -0.1) is 0 Å². The number of rotatable bonds is 5. The molecule has 0 fully saturated rings. The average molecular weight is 349 g/mol. The van der Waals surface area contributed by atoms with E-state index in [1.54, 1.807) is 6.07 Å². The molecule has 3 rings (SSSR count). The Hall–Kier alpha value is -2.31. The summed E-state index contributed by atoms with van der Waals surface area (Å²) in [5, 5.41) is 13.2. The Labute approximate surface area is 143 Å². The number of imide groups is 1. The van der Waals surface area contributed by atoms with Crippen LogP contribution in [0.25, 0.3) is 11.0 Å². The molecule has 7 heteroatoms. The molecule has 1 aliphatic rings. The van der Waals surface area contributed by atoms with Gasteiger partial charge in [0.25, 0.3) is 11.8 Å². The SMILES string of the molecule is CCc1oc2c(Cl)cc(NC3=CC(=O)N(CCO)C3=O)cc2c1C. The fourth-order valence-corrected chi connectivity index (χ4v) is 3.06. The third kappa shape index (κ3) is 2.68. The third-order valence-electron chi connectivity index (χ3n) is 4.02. The molecule has 0 bridgehead atoms. The van der Waals surface area contributed by atoms with E-state index < -0.39 is 11.8 Å². The van der Waals surface area contributed by atoms with Gasteiger partial charge < -0.3 is 14.8 Å². The number of fused-ring (bicyclic) bond motifs is 1. The van der Waals surface area contributed by atoms with Gasteiger partial charge in [0.05, 0.1) is 18.2 Å². The number of halogens is 1. The van der Waals surface area contributed by atoms with Gasteiger partial charge in [0.1, 0.15) is 11.5 Å². The van der Waals surface area contributed by atoms with E-state index in [1.165, 1.54) is 6.08 Å². The Kier molecular flexibility index (Phi) is 4.34. The third-order valence-corrected chi connectivity index (χ3v) is 4.31. The summed E-state index contributed by atoms with van der Waals surface area (Å²) in [5.41, 5.74) is 2.36. The van der Waals surface area contributed by atoms with E-state index in [0.29, 0.717) is 16.3 Å². The number of β-amino-alcohol motifs (C(OH)–C–C–N with tert-alkyl or cyclic N) is 1. The number of aliphatic hydroxyl groups is 1. The van der Waals surface area contributed by atoms with E-state index in [-0.39, 0.29) is 18.8 Å². The molecule has 24 heavy (non-hydrogen) atoms. The maximum atomic E-state index is 12.2. The summed E-state index contributed by atoms with van der Waals surface area (Å²) in [6, 6.07) is 3.49. The zero-order valence-corrected chi connectivity index (χ0v) is 14.1. The van der Waals surface area contributed by atoms with Crippen LogP contribution in [0.3, 0.4) is 0 Å². The van der Waals surface area contributed by atoms with Crippen molar-refractivity contribution in [1.82, 2.24) is 4.90 Å². The number of anilines is 1. The van der Waals surface area contributed by atoms with Gasteiger partial charge >= 0.3 is 0 Å². The van der Waals surface area contributed by atoms with Gasteiger partial charge in [0.2, 0.25) is 0 Å². The highest BCUT2D eigenvalue weighted by molar-refractivity contribution is 6.35. The number of carbonyl (C=O) groups excluding carboxylic acids is 2. The van der Waals surface area contributed by atoms with Gasteiger partial charge in [-0.25, -0.2) is 0 Å². The first kappa shape index (κ1) is 16.5. The summed E-state index contributed by atoms with van der Waals surface area (Å²) < 4.78 is 5.76. The summed E-state index contributed by atoms with van der Waals surface area (Å²) >= 11 is 6.28. The summed E-state index contributed by atoms with van der Waals surface area (Å²) in [4.78, 5) is 25.0. The number of aliphatic hydroxyl groups excluding tert-OH is 1. The zero-order valence-electron chi connectivity index (χ0n) is 13.4. The quantitative estimate of drug-likeness (QED) is 0.812. The number of aryl methyl sites for hydroxylation is 2. The number of hydrogen-bond donors (Lipinski definition) is 2. The maximum absolute atomic E-state index is 12.2. The van der Waals surface area contributed by atoms with E-state index in [1.807, 2.05) is 19.9 Å². The van der Waals surface area contributed by atoms with Gasteiger partial charge in [-0.3, -0.25) is 14.5 Å². The zero-order chi connectivity index (χ0) is 17.4. The molecule has 2 N–H and O–H groups in total. The Balaban J connectivity index is 1.94. The molecule has 0 atom stereocenters. The first-order valence-corrected chi connectivity index (χ1v) is 8.01. The highest BCUT2D eigenvalue weighted by Crippen LogP contribution is 2.34. The Morgan fingerprint density at radius 1 is 1.33 bits per heavy atom. The topological polar surface area (TPSA) is 82.8 Å². The van der Waals surface area contributed by atoms with Crippen LogP contribution in [0.15, 0.2) is 28.3 Å². The minimum absolute atomic E-state index is 0.0279. The van der Waals surface area contributed by atoms with Crippen molar-refractivity contribution in [3.63, 3.8) is 0 Å². The second-order valence-corrected chi connectivity index (χ2v) is 5.95. The second-order valence-electron chi connectivity index (χ2n) is 5.54. The molecule has 2 aromatic rings. The highest BCUT2D eigenvalue weighted by atomic mass is 35.5. The number of nitrogens with zero attached hydrogens (tertiary/aromatic N) is 1. The molecule has 0 saturated heterocycles. The molecule has 0 aliphatic carbocycles. The number of hydrogen-bond acceptors (Lipinski definition) is 5. The van der Waals surface area contributed by atoms with Crippen LogP contribution in [0.1, 0.15) is 18.2 Å². The van der Waals surface area contributed by atoms with E-state index in [2.05, 4.69) is 5.32 Å². The van der Waals surface area contributed by atoms with Crippen molar-refractivity contribution in [3.8, 4) is 0 Å². The van der Waals surface area contributed by atoms with Crippen molar-refractivity contribution in [3.05, 3.63) is 40.3 Å². The van der Waals surface area contributed by atoms with Crippen LogP contribution in [-0.2, 0) is 16.0 Å². The Bertz CT molecular complexity index is 869. The lowest BCUT2D eigenvalue weighted by molar-refractivity contribution is -0.137. The first-order valence-electron chi connectivity index (χ1n) is 7.63. The van der Waals surface area contributed by atoms with E-state index in [0.717, 1.165) is 28.0 Å². The van der Waals surface area contributed by atoms with E-state index >= 15 is 0 Å². The largest absolute Gasteiger partial charge is 0.459 e. The van der Waals surface area contributed by atoms with Gasteiger partial charge in [0.15, 0.2) is 5.58 Å². The van der Waals surface area contributed by atoms with Crippen molar-refractivity contribution in [1.29, 1.82) is 0 Å². The lowest BCUT2D eigenvalue weighted by atomic mass is 10.1. The monoisotopic (exact) mass is 348 g/mol. The molecule has 1 aromatic carbocycles. The van der Waals surface area contributed by atoms with Crippen molar-refractivity contribution in [2.75, 3.05) is 18.5 Å². The number of carbonyl (C=O) groups is 2. The minimum atomic E-state index is -0.469. The molecule has 0 unspecified atom stereocenters. The standard InChI is InChI=1S/C17H17ClN2O4/c1-3-14-9(2)11-6-10(7-12(18)16(11)24-14)19-13-8-15(22)20(4-5-21)17(13)23/h6-8,19,21H,3-5H2,1-2H3. The summed E-state index contributed by atoms with van der Waals surface area (Å²) in [5.74, 6) is -0.0515. The van der Waals surface area contributed by atoms with Crippen LogP contribution in [0, 0.1) is 6.92 Å². The van der Waals surface area contributed by atoms with Crippen LogP contribution in [-0.4, -0.2) is 35.0 Å². The van der Waals surface area contributed by atoms with Crippen LogP contribution < -0.4 is 5.32 Å². The van der Waals surface area contributed by atoms with Gasteiger partial charge in [-0.1, -0.05) is 18.5 Å². The maximum Gasteiger partial charge on any atom is 0.277 e. The first-order chi connectivity index (χ1) is 11.5. The molecule has 1 aliphatic heterocycles. The summed E-state index contributed by atoms with van der Waals surface area (Å²) in [6.45, 7) is 3.66. The normalized spacial score (nSPS) is 14.7. The smallest absolute Gasteiger partial charge is 0.277 e. The van der Waals surface area contributed by atoms with Gasteiger partial charge in [-0.05, 0) is 24.6 Å². The van der Waals surface area contributed by atoms with Gasteiger partial charge in [0, 0.05) is 23.6 Å². The van der Waals surface area contributed by atoms with Crippen molar-refractivity contribution < 1.29 is 19.1 Å². The van der Waals surface area contributed by atoms with E-state index in [9.17, 15) is 9.59 Å². The molecule has 0 radical (unpaired) electrons. The fourth-order valence-electron chi connectivity index (χ4n) is 2.80. The fraction of sp³-hybridized carbons (Fsp3) is 0.294. The minimum Gasteiger partial charge on any atom is -0.459 e. The van der Waals surface area contributed by atoms with Crippen molar-refractivity contribution in [2.45, 2.75) is 20.3 Å². The second kappa shape index (κ2) is 6.30. The molecule has 2 amide bonds. The van der Waals surface area contributed by atoms with Crippen LogP contribution in [0.4, 0.5) is 5.69 Å². The predicted molar refractivity (Wildman–Crippen MR) is 90.9 cm³/mol. The number of amides is 2. The van der Waals surface area contributed by atoms with Crippen LogP contribution >= 0.6 is 11.6 Å². The molecule has 0 saturated carbocycles. The highest BCUT2D eigenvalue weighted by Gasteiger charge is 2.30. The summed E-state index contributed by atoms with van der Waals surface area (Å²) in [6.07, 6.45) is 1.98. The molecule has 2 heterocycles. The van der Waals surface area contributed by atoms with Gasteiger partial charge in [-0.2, -0.15) is 0 Å². The number of nitrogens with one attached hydrogen (secondary N) is 1. The Morgan fingerprint density at radius 2 is 2.08 bits per heavy atom. The Morgan fingerprint density at radius 3 is 2.75 bits per heavy atom. The number of furan rings is 1. The lowest BCUT2D eigenvalue weighted by Crippen LogP contribution is -2.34. The van der Waals surface area contributed by atoms with Crippen LogP contribution in [0.2, 0.25) is 5.02 Å². The molecular weight excluding hydrogens is 332 g/mol. The summed E-state index contributed by atoms with van der Waals surface area (Å²) in [7, 11) is 0. The van der Waals surface area contributed by atoms with E-state index in [4.69, 9.17) is 21.1 Å². The molecule has 6 nitrogen and oxygen atoms in total. The van der Waals surface area contributed by atoms with Crippen molar-refractivity contribution in [2.24, 2.45) is 0 Å². The van der Waals surface area contributed by atoms with Crippen molar-refractivity contribution >= 4 is 40.1 Å². The van der Waals surface area contributed by atoms with Crippen LogP contribution in [0.5, 0.6) is 0 Å². The predicted octanol–water partition coefficient (Wildman–Crippen LogP) is 2.61. The molecular formula is C17H17ClN2O4. The lowest BCUT2D eigenvalue weighted by Gasteiger charge is -2.13. The molecule has 1 aromatic heterocycles. The molecule has 126 valence electrons.